The highest BCUT2D eigenvalue weighted by atomic mass is 19.4. The first kappa shape index (κ1) is 21.9. The van der Waals surface area contributed by atoms with E-state index >= 15 is 0 Å². The maximum absolute atomic E-state index is 11.9. The number of rotatable bonds is 8. The first-order chi connectivity index (χ1) is 10.3. The average molecular weight is 344 g/mol. The number of halogens is 3. The quantitative estimate of drug-likeness (QED) is 0.727. The minimum absolute atomic E-state index is 0.139. The largest absolute Gasteiger partial charge is 0.444 e. The van der Waals surface area contributed by atoms with Crippen LogP contribution in [0.1, 0.15) is 20.8 Å². The number of aliphatic hydroxyl groups is 1. The van der Waals surface area contributed by atoms with E-state index in [1.54, 1.807) is 39.8 Å². The molecule has 9 heteroatoms. The number of likely N-dealkylation sites (N-methyl/N-ethyl adjacent to an activating group) is 2. The molecule has 0 bridgehead atoms. The average Bonchev–Trinajstić information content (AvgIpc) is 2.31. The van der Waals surface area contributed by atoms with Crippen molar-refractivity contribution < 1.29 is 32.5 Å². The third-order valence-corrected chi connectivity index (χ3v) is 2.62. The van der Waals surface area contributed by atoms with Crippen molar-refractivity contribution in [1.29, 1.82) is 0 Å². The number of aliphatic hydroxyl groups excluding tert-OH is 1. The number of hydrogen-bond donors (Lipinski definition) is 1. The maximum atomic E-state index is 11.9. The van der Waals surface area contributed by atoms with E-state index in [0.29, 0.717) is 13.1 Å². The van der Waals surface area contributed by atoms with Gasteiger partial charge in [-0.25, -0.2) is 4.79 Å². The van der Waals surface area contributed by atoms with Gasteiger partial charge in [0.05, 0.1) is 12.7 Å². The maximum Gasteiger partial charge on any atom is 0.411 e. The second-order valence-electron chi connectivity index (χ2n) is 6.45. The molecule has 0 fully saturated rings. The second-order valence-corrected chi connectivity index (χ2v) is 6.45. The summed E-state index contributed by atoms with van der Waals surface area (Å²) in [7, 11) is 3.28. The molecule has 0 aliphatic carbocycles. The molecule has 0 radical (unpaired) electrons. The minimum Gasteiger partial charge on any atom is -0.444 e. The molecule has 0 aromatic rings. The number of hydrogen-bond acceptors (Lipinski definition) is 5. The zero-order chi connectivity index (χ0) is 18.3. The molecule has 23 heavy (non-hydrogen) atoms. The van der Waals surface area contributed by atoms with E-state index in [4.69, 9.17) is 4.74 Å². The zero-order valence-corrected chi connectivity index (χ0v) is 14.3. The van der Waals surface area contributed by atoms with Crippen molar-refractivity contribution in [3.63, 3.8) is 0 Å². The number of nitrogens with zero attached hydrogens (tertiary/aromatic N) is 2. The Morgan fingerprint density at radius 2 is 1.74 bits per heavy atom. The summed E-state index contributed by atoms with van der Waals surface area (Å²) in [4.78, 5) is 14.8. The van der Waals surface area contributed by atoms with E-state index < -0.39 is 37.2 Å². The van der Waals surface area contributed by atoms with E-state index in [9.17, 15) is 23.1 Å². The lowest BCUT2D eigenvalue weighted by Gasteiger charge is -2.27. The molecule has 0 rings (SSSR count). The molecule has 138 valence electrons. The normalized spacial score (nSPS) is 14.0. The van der Waals surface area contributed by atoms with E-state index in [-0.39, 0.29) is 6.54 Å². The Kier molecular flexibility index (Phi) is 8.86. The van der Waals surface area contributed by atoms with Crippen molar-refractivity contribution in [2.75, 3.05) is 46.9 Å². The fraction of sp³-hybridized carbons (Fsp3) is 0.929. The van der Waals surface area contributed by atoms with Gasteiger partial charge in [0.25, 0.3) is 0 Å². The first-order valence-electron chi connectivity index (χ1n) is 7.25. The third kappa shape index (κ3) is 13.1. The lowest BCUT2D eigenvalue weighted by atomic mass is 10.2. The topological polar surface area (TPSA) is 62.2 Å². The Morgan fingerprint density at radius 1 is 1.17 bits per heavy atom. The SMILES string of the molecule is CN(CCN(C)C(=O)OC(C)(C)C)C[C@H](O)COCC(F)(F)F. The van der Waals surface area contributed by atoms with Gasteiger partial charge in [-0.3, -0.25) is 0 Å². The van der Waals surface area contributed by atoms with Crippen LogP contribution in [-0.2, 0) is 9.47 Å². The number of ether oxygens (including phenoxy) is 2. The van der Waals surface area contributed by atoms with Crippen molar-refractivity contribution in [1.82, 2.24) is 9.80 Å². The molecular formula is C14H27F3N2O4. The first-order valence-corrected chi connectivity index (χ1v) is 7.25. The summed E-state index contributed by atoms with van der Waals surface area (Å²) in [5.74, 6) is 0. The van der Waals surface area contributed by atoms with Gasteiger partial charge >= 0.3 is 12.3 Å². The second kappa shape index (κ2) is 9.29. The number of carbonyl (C=O) groups excluding carboxylic acids is 1. The van der Waals surface area contributed by atoms with Crippen LogP contribution in [0.2, 0.25) is 0 Å². The summed E-state index contributed by atoms with van der Waals surface area (Å²) >= 11 is 0. The molecule has 0 aromatic heterocycles. The monoisotopic (exact) mass is 344 g/mol. The zero-order valence-electron chi connectivity index (χ0n) is 14.3. The third-order valence-electron chi connectivity index (χ3n) is 2.62. The highest BCUT2D eigenvalue weighted by molar-refractivity contribution is 5.67. The van der Waals surface area contributed by atoms with Gasteiger partial charge in [0.2, 0.25) is 0 Å². The van der Waals surface area contributed by atoms with Gasteiger partial charge in [0.1, 0.15) is 12.2 Å². The summed E-state index contributed by atoms with van der Waals surface area (Å²) in [5.41, 5.74) is -0.580. The van der Waals surface area contributed by atoms with Crippen LogP contribution < -0.4 is 0 Å². The summed E-state index contributed by atoms with van der Waals surface area (Å²) in [6.45, 7) is 4.46. The Balaban J connectivity index is 3.97. The van der Waals surface area contributed by atoms with Crippen LogP contribution >= 0.6 is 0 Å². The van der Waals surface area contributed by atoms with Gasteiger partial charge in [-0.1, -0.05) is 0 Å². The van der Waals surface area contributed by atoms with Gasteiger partial charge < -0.3 is 24.4 Å². The van der Waals surface area contributed by atoms with E-state index in [2.05, 4.69) is 4.74 Å². The lowest BCUT2D eigenvalue weighted by Crippen LogP contribution is -2.40. The van der Waals surface area contributed by atoms with Crippen LogP contribution in [0.3, 0.4) is 0 Å². The molecule has 6 nitrogen and oxygen atoms in total. The Hall–Kier alpha value is -1.06. The van der Waals surface area contributed by atoms with Gasteiger partial charge in [-0.15, -0.1) is 0 Å². The van der Waals surface area contributed by atoms with Crippen LogP contribution in [-0.4, -0.2) is 85.8 Å². The molecule has 1 N–H and O–H groups in total. The van der Waals surface area contributed by atoms with Crippen LogP contribution in [0.15, 0.2) is 0 Å². The standard InChI is InChI=1S/C14H27F3N2O4/c1-13(2,3)23-12(21)19(5)7-6-18(4)8-11(20)9-22-10-14(15,16)17/h11,20H,6-10H2,1-5H3/t11-/m0/s1. The van der Waals surface area contributed by atoms with Crippen LogP contribution in [0.5, 0.6) is 0 Å². The molecule has 0 saturated carbocycles. The lowest BCUT2D eigenvalue weighted by molar-refractivity contribution is -0.179. The molecule has 0 aliphatic rings. The molecule has 0 aliphatic heterocycles. The van der Waals surface area contributed by atoms with Crippen molar-refractivity contribution in [3.05, 3.63) is 0 Å². The van der Waals surface area contributed by atoms with E-state index in [1.807, 2.05) is 0 Å². The van der Waals surface area contributed by atoms with E-state index in [1.165, 1.54) is 4.90 Å². The Morgan fingerprint density at radius 3 is 2.22 bits per heavy atom. The van der Waals surface area contributed by atoms with Crippen LogP contribution in [0, 0.1) is 0 Å². The summed E-state index contributed by atoms with van der Waals surface area (Å²) in [5, 5.41) is 9.60. The molecule has 0 spiro atoms. The Bertz CT molecular complexity index is 359. The highest BCUT2D eigenvalue weighted by Gasteiger charge is 2.28. The molecule has 0 aromatic carbocycles. The van der Waals surface area contributed by atoms with Crippen LogP contribution in [0.25, 0.3) is 0 Å². The molecular weight excluding hydrogens is 317 g/mol. The highest BCUT2D eigenvalue weighted by Crippen LogP contribution is 2.14. The van der Waals surface area contributed by atoms with Gasteiger partial charge in [0, 0.05) is 26.7 Å². The molecule has 1 atom stereocenters. The van der Waals surface area contributed by atoms with Crippen molar-refractivity contribution in [2.45, 2.75) is 38.7 Å². The van der Waals surface area contributed by atoms with Crippen molar-refractivity contribution in [2.24, 2.45) is 0 Å². The fourth-order valence-electron chi connectivity index (χ4n) is 1.57. The minimum atomic E-state index is -4.40. The predicted octanol–water partition coefficient (Wildman–Crippen LogP) is 1.72. The number of carbonyl (C=O) groups is 1. The number of alkyl halides is 3. The summed E-state index contributed by atoms with van der Waals surface area (Å²) < 4.78 is 45.3. The predicted molar refractivity (Wildman–Crippen MR) is 79.2 cm³/mol. The van der Waals surface area contributed by atoms with Gasteiger partial charge in [0.15, 0.2) is 0 Å². The van der Waals surface area contributed by atoms with Gasteiger partial charge in [-0.05, 0) is 27.8 Å². The van der Waals surface area contributed by atoms with E-state index in [0.717, 1.165) is 0 Å². The fourth-order valence-corrected chi connectivity index (χ4v) is 1.57. The molecule has 0 heterocycles. The smallest absolute Gasteiger partial charge is 0.411 e. The molecule has 0 unspecified atom stereocenters. The Labute approximate surface area is 135 Å². The summed E-state index contributed by atoms with van der Waals surface area (Å²) in [6.07, 6.45) is -5.89. The number of amides is 1. The summed E-state index contributed by atoms with van der Waals surface area (Å²) in [6, 6.07) is 0. The molecule has 0 saturated heterocycles. The van der Waals surface area contributed by atoms with Crippen molar-refractivity contribution >= 4 is 6.09 Å². The molecule has 1 amide bonds. The van der Waals surface area contributed by atoms with Gasteiger partial charge in [-0.2, -0.15) is 13.2 Å². The van der Waals surface area contributed by atoms with Crippen molar-refractivity contribution in [3.8, 4) is 0 Å². The van der Waals surface area contributed by atoms with Crippen LogP contribution in [0.4, 0.5) is 18.0 Å².